The van der Waals surface area contributed by atoms with E-state index in [1.807, 2.05) is 0 Å². The van der Waals surface area contributed by atoms with Gasteiger partial charge in [0.25, 0.3) is 0 Å². The van der Waals surface area contributed by atoms with E-state index in [9.17, 15) is 4.79 Å². The molecule has 1 rings (SSSR count). The van der Waals surface area contributed by atoms with Crippen LogP contribution in [0, 0.1) is 11.8 Å². The van der Waals surface area contributed by atoms with Crippen LogP contribution in [0.4, 0.5) is 0 Å². The quantitative estimate of drug-likeness (QED) is 0.726. The zero-order valence-electron chi connectivity index (χ0n) is 10.2. The molecule has 0 aromatic carbocycles. The van der Waals surface area contributed by atoms with E-state index in [0.717, 1.165) is 25.9 Å². The molecule has 1 fully saturated rings. The maximum Gasteiger partial charge on any atom is 0.224 e. The van der Waals surface area contributed by atoms with Crippen molar-refractivity contribution in [2.45, 2.75) is 46.1 Å². The number of amides is 1. The van der Waals surface area contributed by atoms with Crippen molar-refractivity contribution in [2.24, 2.45) is 11.8 Å². The van der Waals surface area contributed by atoms with Gasteiger partial charge in [-0.15, -0.1) is 0 Å². The molecule has 0 radical (unpaired) electrons. The van der Waals surface area contributed by atoms with Crippen LogP contribution in [-0.4, -0.2) is 25.0 Å². The van der Waals surface area contributed by atoms with Crippen molar-refractivity contribution in [1.82, 2.24) is 10.6 Å². The molecule has 1 saturated heterocycles. The fourth-order valence-corrected chi connectivity index (χ4v) is 2.07. The van der Waals surface area contributed by atoms with Gasteiger partial charge in [-0.25, -0.2) is 0 Å². The third kappa shape index (κ3) is 4.20. The number of rotatable bonds is 5. The van der Waals surface area contributed by atoms with Gasteiger partial charge in [0.15, 0.2) is 0 Å². The molecule has 3 heteroatoms. The molecule has 0 aliphatic carbocycles. The number of hydrogen-bond donors (Lipinski definition) is 2. The van der Waals surface area contributed by atoms with Gasteiger partial charge in [-0.1, -0.05) is 20.3 Å². The van der Waals surface area contributed by atoms with Gasteiger partial charge in [0.05, 0.1) is 5.92 Å². The summed E-state index contributed by atoms with van der Waals surface area (Å²) in [6, 6.07) is 0.313. The lowest BCUT2D eigenvalue weighted by atomic mass is 9.99. The van der Waals surface area contributed by atoms with Gasteiger partial charge in [0.2, 0.25) is 5.91 Å². The summed E-state index contributed by atoms with van der Waals surface area (Å²) in [7, 11) is 0. The second kappa shape index (κ2) is 6.11. The molecule has 1 amide bonds. The highest BCUT2D eigenvalue weighted by Gasteiger charge is 2.23. The highest BCUT2D eigenvalue weighted by molar-refractivity contribution is 5.79. The number of carbonyl (C=O) groups excluding carboxylic acids is 1. The lowest BCUT2D eigenvalue weighted by molar-refractivity contribution is -0.125. The molecule has 0 spiro atoms. The molecule has 88 valence electrons. The predicted molar refractivity (Wildman–Crippen MR) is 62.7 cm³/mol. The Kier molecular flexibility index (Phi) is 5.09. The molecule has 1 aliphatic rings. The first-order valence-corrected chi connectivity index (χ1v) is 6.14. The van der Waals surface area contributed by atoms with Crippen molar-refractivity contribution >= 4 is 5.91 Å². The van der Waals surface area contributed by atoms with E-state index in [-0.39, 0.29) is 11.8 Å². The number of hydrogen-bond acceptors (Lipinski definition) is 2. The van der Waals surface area contributed by atoms with Crippen LogP contribution in [0.2, 0.25) is 0 Å². The van der Waals surface area contributed by atoms with Crippen LogP contribution in [-0.2, 0) is 4.79 Å². The van der Waals surface area contributed by atoms with Gasteiger partial charge < -0.3 is 10.6 Å². The third-order valence-electron chi connectivity index (χ3n) is 3.27. The van der Waals surface area contributed by atoms with Crippen LogP contribution in [0.15, 0.2) is 0 Å². The first kappa shape index (κ1) is 12.5. The van der Waals surface area contributed by atoms with Crippen LogP contribution >= 0.6 is 0 Å². The molecule has 2 N–H and O–H groups in total. The lowest BCUT2D eigenvalue weighted by Crippen LogP contribution is -2.38. The minimum Gasteiger partial charge on any atom is -0.353 e. The minimum absolute atomic E-state index is 0.199. The minimum atomic E-state index is 0.199. The predicted octanol–water partition coefficient (Wildman–Crippen LogP) is 1.54. The molecule has 3 nitrogen and oxygen atoms in total. The van der Waals surface area contributed by atoms with E-state index in [1.165, 1.54) is 6.42 Å². The summed E-state index contributed by atoms with van der Waals surface area (Å²) in [5, 5.41) is 6.33. The molecule has 3 atom stereocenters. The smallest absolute Gasteiger partial charge is 0.224 e. The first-order valence-electron chi connectivity index (χ1n) is 6.14. The van der Waals surface area contributed by atoms with Crippen molar-refractivity contribution < 1.29 is 4.79 Å². The summed E-state index contributed by atoms with van der Waals surface area (Å²) in [5.41, 5.74) is 0. The average molecular weight is 212 g/mol. The van der Waals surface area contributed by atoms with Crippen LogP contribution in [0.25, 0.3) is 0 Å². The largest absolute Gasteiger partial charge is 0.353 e. The molecule has 0 aromatic heterocycles. The molecular formula is C12H24N2O. The zero-order chi connectivity index (χ0) is 11.3. The van der Waals surface area contributed by atoms with Crippen molar-refractivity contribution in [1.29, 1.82) is 0 Å². The van der Waals surface area contributed by atoms with Crippen molar-refractivity contribution in [3.8, 4) is 0 Å². The van der Waals surface area contributed by atoms with Crippen LogP contribution in [0.5, 0.6) is 0 Å². The highest BCUT2D eigenvalue weighted by Crippen LogP contribution is 2.12. The molecule has 15 heavy (non-hydrogen) atoms. The van der Waals surface area contributed by atoms with Crippen LogP contribution in [0.1, 0.15) is 40.0 Å². The van der Waals surface area contributed by atoms with Gasteiger partial charge in [-0.05, 0) is 32.2 Å². The standard InChI is InChI=1S/C12H24N2O/c1-4-9(2)7-10(3)14-12(15)11-5-6-13-8-11/h9-11,13H,4-8H2,1-3H3,(H,14,15). The van der Waals surface area contributed by atoms with Crippen molar-refractivity contribution in [2.75, 3.05) is 13.1 Å². The molecule has 3 unspecified atom stereocenters. The Balaban J connectivity index is 2.24. The second-order valence-corrected chi connectivity index (χ2v) is 4.85. The summed E-state index contributed by atoms with van der Waals surface area (Å²) in [4.78, 5) is 11.8. The van der Waals surface area contributed by atoms with Gasteiger partial charge >= 0.3 is 0 Å². The Morgan fingerprint density at radius 2 is 2.27 bits per heavy atom. The maximum absolute atomic E-state index is 11.8. The van der Waals surface area contributed by atoms with Crippen LogP contribution in [0.3, 0.4) is 0 Å². The fraction of sp³-hybridized carbons (Fsp3) is 0.917. The van der Waals surface area contributed by atoms with Crippen molar-refractivity contribution in [3.05, 3.63) is 0 Å². The van der Waals surface area contributed by atoms with E-state index >= 15 is 0 Å². The molecule has 1 heterocycles. The Labute approximate surface area is 93.0 Å². The van der Waals surface area contributed by atoms with E-state index in [0.29, 0.717) is 12.0 Å². The molecular weight excluding hydrogens is 188 g/mol. The summed E-state index contributed by atoms with van der Waals surface area (Å²) in [6.45, 7) is 8.37. The maximum atomic E-state index is 11.8. The van der Waals surface area contributed by atoms with E-state index < -0.39 is 0 Å². The zero-order valence-corrected chi connectivity index (χ0v) is 10.2. The average Bonchev–Trinajstić information content (AvgIpc) is 2.70. The summed E-state index contributed by atoms with van der Waals surface area (Å²) in [6.07, 6.45) is 3.26. The first-order chi connectivity index (χ1) is 7.13. The molecule has 0 saturated carbocycles. The molecule has 0 aromatic rings. The summed E-state index contributed by atoms with van der Waals surface area (Å²) >= 11 is 0. The highest BCUT2D eigenvalue weighted by atomic mass is 16.2. The number of carbonyl (C=O) groups is 1. The third-order valence-corrected chi connectivity index (χ3v) is 3.27. The topological polar surface area (TPSA) is 41.1 Å². The number of nitrogens with one attached hydrogen (secondary N) is 2. The molecule has 1 aliphatic heterocycles. The van der Waals surface area contributed by atoms with Gasteiger partial charge in [-0.3, -0.25) is 4.79 Å². The van der Waals surface area contributed by atoms with Gasteiger partial charge in [0.1, 0.15) is 0 Å². The van der Waals surface area contributed by atoms with Crippen molar-refractivity contribution in [3.63, 3.8) is 0 Å². The van der Waals surface area contributed by atoms with Gasteiger partial charge in [0, 0.05) is 12.6 Å². The van der Waals surface area contributed by atoms with Crippen LogP contribution < -0.4 is 10.6 Å². The van der Waals surface area contributed by atoms with E-state index in [2.05, 4.69) is 31.4 Å². The Hall–Kier alpha value is -0.570. The Morgan fingerprint density at radius 1 is 1.53 bits per heavy atom. The molecule has 0 bridgehead atoms. The van der Waals surface area contributed by atoms with Gasteiger partial charge in [-0.2, -0.15) is 0 Å². The summed E-state index contributed by atoms with van der Waals surface area (Å²) in [5.74, 6) is 1.13. The Morgan fingerprint density at radius 3 is 2.80 bits per heavy atom. The van der Waals surface area contributed by atoms with E-state index in [1.54, 1.807) is 0 Å². The second-order valence-electron chi connectivity index (χ2n) is 4.85. The fourth-order valence-electron chi connectivity index (χ4n) is 2.07. The summed E-state index contributed by atoms with van der Waals surface area (Å²) < 4.78 is 0. The lowest BCUT2D eigenvalue weighted by Gasteiger charge is -2.19. The van der Waals surface area contributed by atoms with E-state index in [4.69, 9.17) is 0 Å². The normalized spacial score (nSPS) is 24.9. The Bertz CT molecular complexity index is 200. The monoisotopic (exact) mass is 212 g/mol. The SMILES string of the molecule is CCC(C)CC(C)NC(=O)C1CCNC1.